The molecular formula is C17H16Cl2O2Si. The van der Waals surface area contributed by atoms with Crippen LogP contribution in [0.25, 0.3) is 0 Å². The van der Waals surface area contributed by atoms with Crippen LogP contribution in [0, 0.1) is 0 Å². The number of carbonyl (C=O) groups is 1. The summed E-state index contributed by atoms with van der Waals surface area (Å²) in [4.78, 5) is 12.6. The van der Waals surface area contributed by atoms with Crippen LogP contribution in [0.1, 0.15) is 29.3 Å². The minimum absolute atomic E-state index is 0.0464. The normalized spacial score (nSPS) is 10.7. The van der Waals surface area contributed by atoms with Crippen LogP contribution in [0.3, 0.4) is 0 Å². The summed E-state index contributed by atoms with van der Waals surface area (Å²) in [6, 6.07) is 14.7. The number of rotatable bonds is 7. The van der Waals surface area contributed by atoms with Crippen LogP contribution < -0.4 is 9.92 Å². The molecule has 2 radical (unpaired) electrons. The zero-order valence-electron chi connectivity index (χ0n) is 12.2. The highest BCUT2D eigenvalue weighted by Gasteiger charge is 2.16. The van der Waals surface area contributed by atoms with Gasteiger partial charge >= 0.3 is 0 Å². The molecule has 0 aliphatic heterocycles. The lowest BCUT2D eigenvalue weighted by molar-refractivity contribution is 0.103. The van der Waals surface area contributed by atoms with Crippen LogP contribution in [0.4, 0.5) is 0 Å². The van der Waals surface area contributed by atoms with E-state index in [0.29, 0.717) is 23.5 Å². The van der Waals surface area contributed by atoms with E-state index in [1.165, 1.54) is 0 Å². The van der Waals surface area contributed by atoms with E-state index in [0.717, 1.165) is 11.6 Å². The van der Waals surface area contributed by atoms with Gasteiger partial charge in [0.1, 0.15) is 15.3 Å². The van der Waals surface area contributed by atoms with Crippen molar-refractivity contribution in [3.05, 3.63) is 59.7 Å². The predicted octanol–water partition coefficient (Wildman–Crippen LogP) is 3.80. The topological polar surface area (TPSA) is 26.3 Å². The van der Waals surface area contributed by atoms with Gasteiger partial charge in [-0.3, -0.25) is 4.79 Å². The molecule has 0 heterocycles. The number of halogens is 2. The Hall–Kier alpha value is -1.29. The maximum atomic E-state index is 12.6. The van der Waals surface area contributed by atoms with E-state index in [2.05, 4.69) is 0 Å². The number of benzene rings is 2. The first kappa shape index (κ1) is 17.1. The molecule has 0 saturated heterocycles. The van der Waals surface area contributed by atoms with Crippen LogP contribution in [-0.4, -0.2) is 26.4 Å². The number of hydrogen-bond acceptors (Lipinski definition) is 2. The van der Waals surface area contributed by atoms with Crippen molar-refractivity contribution >= 4 is 43.7 Å². The van der Waals surface area contributed by atoms with Gasteiger partial charge in [-0.15, -0.1) is 23.2 Å². The van der Waals surface area contributed by atoms with Gasteiger partial charge in [0.25, 0.3) is 0 Å². The average molecular weight is 351 g/mol. The second-order valence-electron chi connectivity index (χ2n) is 4.70. The molecule has 2 aromatic rings. The van der Waals surface area contributed by atoms with Crippen molar-refractivity contribution in [1.29, 1.82) is 0 Å². The van der Waals surface area contributed by atoms with E-state index in [-0.39, 0.29) is 15.3 Å². The number of hydrogen-bond donors (Lipinski definition) is 0. The Morgan fingerprint density at radius 1 is 1.18 bits per heavy atom. The summed E-state index contributed by atoms with van der Waals surface area (Å²) in [5.41, 5.74) is 1.21. The van der Waals surface area contributed by atoms with Crippen LogP contribution in [-0.2, 0) is 0 Å². The second-order valence-corrected chi connectivity index (χ2v) is 7.97. The highest BCUT2D eigenvalue weighted by Crippen LogP contribution is 2.21. The van der Waals surface area contributed by atoms with Gasteiger partial charge in [-0.2, -0.15) is 0 Å². The Balaban J connectivity index is 2.34. The molecule has 0 spiro atoms. The molecule has 2 rings (SSSR count). The van der Waals surface area contributed by atoms with Crippen LogP contribution in [0.2, 0.25) is 0 Å². The highest BCUT2D eigenvalue weighted by atomic mass is 35.5. The van der Waals surface area contributed by atoms with Crippen LogP contribution >= 0.6 is 23.2 Å². The maximum Gasteiger partial charge on any atom is 0.196 e. The molecule has 0 saturated carbocycles. The van der Waals surface area contributed by atoms with Crippen molar-refractivity contribution in [2.24, 2.45) is 0 Å². The number of ketones is 1. The molecule has 0 aromatic heterocycles. The lowest BCUT2D eigenvalue weighted by Crippen LogP contribution is -2.21. The summed E-state index contributed by atoms with van der Waals surface area (Å²) >= 11 is 11.7. The zero-order valence-corrected chi connectivity index (χ0v) is 14.7. The summed E-state index contributed by atoms with van der Waals surface area (Å²) in [6.07, 6.45) is 0.874. The molecule has 114 valence electrons. The van der Waals surface area contributed by atoms with Gasteiger partial charge in [0, 0.05) is 5.56 Å². The van der Waals surface area contributed by atoms with Gasteiger partial charge in [0.05, 0.1) is 16.6 Å². The number of carbonyl (C=O) groups excluding carboxylic acids is 1. The largest absolute Gasteiger partial charge is 0.493 e. The van der Waals surface area contributed by atoms with Gasteiger partial charge < -0.3 is 4.74 Å². The molecule has 5 heteroatoms. The fourth-order valence-electron chi connectivity index (χ4n) is 2.00. The zero-order chi connectivity index (χ0) is 15.9. The minimum Gasteiger partial charge on any atom is -0.493 e. The number of alkyl halides is 2. The summed E-state index contributed by atoms with van der Waals surface area (Å²) in [7, 11) is 0.258. The van der Waals surface area contributed by atoms with Crippen molar-refractivity contribution in [2.75, 3.05) is 6.61 Å². The van der Waals surface area contributed by atoms with Gasteiger partial charge in [0.15, 0.2) is 5.78 Å². The van der Waals surface area contributed by atoms with Crippen molar-refractivity contribution in [3.63, 3.8) is 0 Å². The fourth-order valence-corrected chi connectivity index (χ4v) is 3.40. The van der Waals surface area contributed by atoms with E-state index in [4.69, 9.17) is 27.9 Å². The quantitative estimate of drug-likeness (QED) is 0.431. The first-order chi connectivity index (χ1) is 10.6. The van der Waals surface area contributed by atoms with Crippen LogP contribution in [0.15, 0.2) is 48.5 Å². The predicted molar refractivity (Wildman–Crippen MR) is 93.0 cm³/mol. The average Bonchev–Trinajstić information content (AvgIpc) is 2.52. The van der Waals surface area contributed by atoms with E-state index >= 15 is 0 Å². The number of ether oxygens (including phenoxy) is 1. The monoisotopic (exact) mass is 350 g/mol. The summed E-state index contributed by atoms with van der Waals surface area (Å²) in [5.74, 6) is 0.546. The molecule has 22 heavy (non-hydrogen) atoms. The third-order valence-corrected chi connectivity index (χ3v) is 4.52. The van der Waals surface area contributed by atoms with E-state index < -0.39 is 4.46 Å². The highest BCUT2D eigenvalue weighted by molar-refractivity contribution is 6.75. The van der Waals surface area contributed by atoms with Gasteiger partial charge in [0.2, 0.25) is 0 Å². The molecule has 0 bridgehead atoms. The first-order valence-electron chi connectivity index (χ1n) is 7.03. The molecular weight excluding hydrogens is 335 g/mol. The van der Waals surface area contributed by atoms with Crippen molar-refractivity contribution in [2.45, 2.75) is 17.8 Å². The molecule has 0 aliphatic rings. The van der Waals surface area contributed by atoms with Crippen molar-refractivity contribution in [1.82, 2.24) is 0 Å². The fraction of sp³-hybridized carbons (Fsp3) is 0.235. The van der Waals surface area contributed by atoms with Gasteiger partial charge in [-0.05, 0) is 18.6 Å². The Morgan fingerprint density at radius 3 is 2.55 bits per heavy atom. The molecule has 0 atom stereocenters. The Bertz CT molecular complexity index is 630. The van der Waals surface area contributed by atoms with Gasteiger partial charge in [-0.1, -0.05) is 48.5 Å². The molecule has 0 aliphatic carbocycles. The lowest BCUT2D eigenvalue weighted by Gasteiger charge is -2.12. The third kappa shape index (κ3) is 4.60. The maximum absolute atomic E-state index is 12.6. The van der Waals surface area contributed by atoms with Crippen molar-refractivity contribution in [3.8, 4) is 5.75 Å². The summed E-state index contributed by atoms with van der Waals surface area (Å²) in [5, 5.41) is 0.978. The van der Waals surface area contributed by atoms with E-state index in [9.17, 15) is 4.79 Å². The first-order valence-corrected chi connectivity index (χ1v) is 8.98. The standard InChI is InChI=1S/C17H16Cl2O2Si/c1-2-10-21-15-11-13(22-17(18)19)8-9-14(15)16(20)12-6-4-3-5-7-12/h3-9,11,17H,2,10H2,1H3. The summed E-state index contributed by atoms with van der Waals surface area (Å²) in [6.45, 7) is 2.59. The molecule has 0 fully saturated rings. The summed E-state index contributed by atoms with van der Waals surface area (Å²) < 4.78 is 5.30. The van der Waals surface area contributed by atoms with E-state index in [1.54, 1.807) is 18.2 Å². The van der Waals surface area contributed by atoms with E-state index in [1.807, 2.05) is 37.3 Å². The lowest BCUT2D eigenvalue weighted by atomic mass is 10.0. The minimum atomic E-state index is -0.449. The molecule has 0 unspecified atom stereocenters. The third-order valence-electron chi connectivity index (χ3n) is 3.00. The van der Waals surface area contributed by atoms with Gasteiger partial charge in [-0.25, -0.2) is 0 Å². The second kappa shape index (κ2) is 8.37. The molecule has 2 nitrogen and oxygen atoms in total. The Kier molecular flexibility index (Phi) is 6.49. The molecule has 0 N–H and O–H groups in total. The van der Waals surface area contributed by atoms with Crippen molar-refractivity contribution < 1.29 is 9.53 Å². The smallest absolute Gasteiger partial charge is 0.196 e. The molecule has 2 aromatic carbocycles. The Labute approximate surface area is 143 Å². The SMILES string of the molecule is CCCOc1cc([Si]C(Cl)Cl)ccc1C(=O)c1ccccc1. The Morgan fingerprint density at radius 2 is 1.91 bits per heavy atom. The molecule has 0 amide bonds. The van der Waals surface area contributed by atoms with Crippen LogP contribution in [0.5, 0.6) is 5.75 Å².